The fourth-order valence-corrected chi connectivity index (χ4v) is 2.87. The van der Waals surface area contributed by atoms with Crippen molar-refractivity contribution in [1.82, 2.24) is 0 Å². The summed E-state index contributed by atoms with van der Waals surface area (Å²) >= 11 is 4.80. The summed E-state index contributed by atoms with van der Waals surface area (Å²) in [5, 5.41) is 3.37. The maximum Gasteiger partial charge on any atom is 0.135 e. The van der Waals surface area contributed by atoms with Crippen LogP contribution in [-0.4, -0.2) is 11.0 Å². The summed E-state index contributed by atoms with van der Waals surface area (Å²) < 4.78 is 13.8. The molecule has 0 bridgehead atoms. The fourth-order valence-electron chi connectivity index (χ4n) is 2.70. The molecular weight excluding hydrogens is 271 g/mol. The van der Waals surface area contributed by atoms with Gasteiger partial charge in [0.1, 0.15) is 10.8 Å². The zero-order valence-electron chi connectivity index (χ0n) is 10.9. The quantitative estimate of drug-likeness (QED) is 0.852. The van der Waals surface area contributed by atoms with Crippen molar-refractivity contribution in [3.63, 3.8) is 0 Å². The molecule has 2 aromatic carbocycles. The molecule has 2 aromatic rings. The third kappa shape index (κ3) is 2.51. The van der Waals surface area contributed by atoms with E-state index < -0.39 is 0 Å². The van der Waals surface area contributed by atoms with Crippen LogP contribution in [0.5, 0.6) is 0 Å². The van der Waals surface area contributed by atoms with Gasteiger partial charge in [0.15, 0.2) is 0 Å². The maximum atomic E-state index is 13.8. The molecule has 0 saturated carbocycles. The van der Waals surface area contributed by atoms with Crippen LogP contribution in [0.4, 0.5) is 10.1 Å². The van der Waals surface area contributed by atoms with E-state index in [1.807, 2.05) is 6.07 Å². The highest BCUT2D eigenvalue weighted by molar-refractivity contribution is 7.80. The number of benzene rings is 2. The van der Waals surface area contributed by atoms with Gasteiger partial charge in [-0.15, -0.1) is 0 Å². The standard InChI is InChI=1S/C16H15FN2S/c17-15-9-12(5-6-14(15)16(18)20)19-13-7-10-3-1-2-4-11(10)8-13/h1-6,9,13,19H,7-8H2,(H2,18,20). The fraction of sp³-hybridized carbons (Fsp3) is 0.188. The van der Waals surface area contributed by atoms with Gasteiger partial charge in [-0.3, -0.25) is 0 Å². The molecule has 1 aliphatic carbocycles. The first-order valence-corrected chi connectivity index (χ1v) is 6.97. The van der Waals surface area contributed by atoms with Gasteiger partial charge in [0.05, 0.1) is 0 Å². The van der Waals surface area contributed by atoms with Crippen molar-refractivity contribution in [3.8, 4) is 0 Å². The second-order valence-corrected chi connectivity index (χ2v) is 5.52. The van der Waals surface area contributed by atoms with E-state index in [2.05, 4.69) is 29.6 Å². The van der Waals surface area contributed by atoms with Crippen LogP contribution in [0, 0.1) is 5.82 Å². The molecule has 0 fully saturated rings. The third-order valence-corrected chi connectivity index (χ3v) is 3.88. The van der Waals surface area contributed by atoms with Gasteiger partial charge < -0.3 is 11.1 Å². The van der Waals surface area contributed by atoms with E-state index >= 15 is 0 Å². The highest BCUT2D eigenvalue weighted by Gasteiger charge is 2.20. The minimum Gasteiger partial charge on any atom is -0.389 e. The molecule has 0 amide bonds. The van der Waals surface area contributed by atoms with Crippen molar-refractivity contribution in [2.45, 2.75) is 18.9 Å². The molecule has 0 radical (unpaired) electrons. The van der Waals surface area contributed by atoms with Crippen LogP contribution >= 0.6 is 12.2 Å². The van der Waals surface area contributed by atoms with Crippen LogP contribution in [0.15, 0.2) is 42.5 Å². The minimum atomic E-state index is -0.377. The van der Waals surface area contributed by atoms with E-state index in [-0.39, 0.29) is 10.8 Å². The number of anilines is 1. The van der Waals surface area contributed by atoms with Crippen LogP contribution in [0.1, 0.15) is 16.7 Å². The largest absolute Gasteiger partial charge is 0.389 e. The van der Waals surface area contributed by atoms with Gasteiger partial charge in [-0.2, -0.15) is 0 Å². The van der Waals surface area contributed by atoms with Crippen LogP contribution in [-0.2, 0) is 12.8 Å². The summed E-state index contributed by atoms with van der Waals surface area (Å²) in [5.74, 6) is -0.377. The average molecular weight is 286 g/mol. The molecule has 0 unspecified atom stereocenters. The molecule has 0 saturated heterocycles. The lowest BCUT2D eigenvalue weighted by atomic mass is 10.1. The van der Waals surface area contributed by atoms with Crippen LogP contribution < -0.4 is 11.1 Å². The van der Waals surface area contributed by atoms with Crippen LogP contribution in [0.3, 0.4) is 0 Å². The summed E-state index contributed by atoms with van der Waals surface area (Å²) in [6.07, 6.45) is 1.93. The van der Waals surface area contributed by atoms with Gasteiger partial charge in [0.25, 0.3) is 0 Å². The molecule has 0 spiro atoms. The highest BCUT2D eigenvalue weighted by atomic mass is 32.1. The first kappa shape index (κ1) is 13.1. The van der Waals surface area contributed by atoms with E-state index in [1.54, 1.807) is 6.07 Å². The van der Waals surface area contributed by atoms with Gasteiger partial charge >= 0.3 is 0 Å². The Morgan fingerprint density at radius 3 is 2.35 bits per heavy atom. The van der Waals surface area contributed by atoms with Gasteiger partial charge in [0, 0.05) is 17.3 Å². The molecule has 3 rings (SSSR count). The summed E-state index contributed by atoms with van der Waals surface area (Å²) in [7, 11) is 0. The third-order valence-electron chi connectivity index (χ3n) is 3.66. The first-order valence-electron chi connectivity index (χ1n) is 6.56. The zero-order valence-corrected chi connectivity index (χ0v) is 11.7. The summed E-state index contributed by atoms with van der Waals surface area (Å²) in [6.45, 7) is 0. The van der Waals surface area contributed by atoms with E-state index in [4.69, 9.17) is 18.0 Å². The number of rotatable bonds is 3. The van der Waals surface area contributed by atoms with Gasteiger partial charge in [0.2, 0.25) is 0 Å². The average Bonchev–Trinajstić information content (AvgIpc) is 2.80. The summed E-state index contributed by atoms with van der Waals surface area (Å²) in [6, 6.07) is 13.6. The predicted molar refractivity (Wildman–Crippen MR) is 83.5 cm³/mol. The lowest BCUT2D eigenvalue weighted by Gasteiger charge is -2.14. The molecule has 0 aliphatic heterocycles. The van der Waals surface area contributed by atoms with Crippen LogP contribution in [0.2, 0.25) is 0 Å². The molecule has 0 heterocycles. The van der Waals surface area contributed by atoms with E-state index in [9.17, 15) is 4.39 Å². The van der Waals surface area contributed by atoms with Crippen molar-refractivity contribution in [1.29, 1.82) is 0 Å². The van der Waals surface area contributed by atoms with Crippen molar-refractivity contribution in [2.24, 2.45) is 5.73 Å². The normalized spacial score (nSPS) is 14.1. The van der Waals surface area contributed by atoms with Gasteiger partial charge in [-0.1, -0.05) is 36.5 Å². The van der Waals surface area contributed by atoms with Gasteiger partial charge in [-0.25, -0.2) is 4.39 Å². The number of nitrogens with one attached hydrogen (secondary N) is 1. The Labute approximate surface area is 122 Å². The van der Waals surface area contributed by atoms with Crippen LogP contribution in [0.25, 0.3) is 0 Å². The minimum absolute atomic E-state index is 0.0855. The Kier molecular flexibility index (Phi) is 3.40. The Morgan fingerprint density at radius 1 is 1.15 bits per heavy atom. The van der Waals surface area contributed by atoms with Crippen molar-refractivity contribution < 1.29 is 4.39 Å². The molecule has 2 nitrogen and oxygen atoms in total. The molecular formula is C16H15FN2S. The number of nitrogens with two attached hydrogens (primary N) is 1. The van der Waals surface area contributed by atoms with E-state index in [1.165, 1.54) is 17.2 Å². The second kappa shape index (κ2) is 5.21. The molecule has 4 heteroatoms. The predicted octanol–water partition coefficient (Wildman–Crippen LogP) is 3.04. The highest BCUT2D eigenvalue weighted by Crippen LogP contribution is 2.25. The Bertz CT molecular complexity index is 644. The number of fused-ring (bicyclic) bond motifs is 1. The smallest absolute Gasteiger partial charge is 0.135 e. The maximum absolute atomic E-state index is 13.8. The molecule has 1 aliphatic rings. The molecule has 0 atom stereocenters. The molecule has 3 N–H and O–H groups in total. The molecule has 102 valence electrons. The topological polar surface area (TPSA) is 38.0 Å². The Morgan fingerprint density at radius 2 is 1.80 bits per heavy atom. The zero-order chi connectivity index (χ0) is 14.1. The SMILES string of the molecule is NC(=S)c1ccc(NC2Cc3ccccc3C2)cc1F. The molecule has 0 aromatic heterocycles. The van der Waals surface area contributed by atoms with E-state index in [0.29, 0.717) is 11.6 Å². The first-order chi connectivity index (χ1) is 9.63. The second-order valence-electron chi connectivity index (χ2n) is 5.08. The van der Waals surface area contributed by atoms with Crippen molar-refractivity contribution in [3.05, 3.63) is 65.0 Å². The van der Waals surface area contributed by atoms with E-state index in [0.717, 1.165) is 18.5 Å². The Balaban J connectivity index is 1.74. The molecule has 20 heavy (non-hydrogen) atoms. The summed E-state index contributed by atoms with van der Waals surface area (Å²) in [5.41, 5.74) is 9.24. The van der Waals surface area contributed by atoms with Gasteiger partial charge in [-0.05, 0) is 42.2 Å². The number of thiocarbonyl (C=S) groups is 1. The monoisotopic (exact) mass is 286 g/mol. The number of hydrogen-bond donors (Lipinski definition) is 2. The van der Waals surface area contributed by atoms with Crippen molar-refractivity contribution >= 4 is 22.9 Å². The number of hydrogen-bond acceptors (Lipinski definition) is 2. The van der Waals surface area contributed by atoms with Crippen molar-refractivity contribution in [2.75, 3.05) is 5.32 Å². The Hall–Kier alpha value is -1.94. The lowest BCUT2D eigenvalue weighted by Crippen LogP contribution is -2.20. The number of halogens is 1. The summed E-state index contributed by atoms with van der Waals surface area (Å²) in [4.78, 5) is 0.0855. The lowest BCUT2D eigenvalue weighted by molar-refractivity contribution is 0.625.